The Bertz CT molecular complexity index is 261. The Morgan fingerprint density at radius 2 is 1.41 bits per heavy atom. The van der Waals surface area contributed by atoms with E-state index in [4.69, 9.17) is 9.47 Å². The van der Waals surface area contributed by atoms with Gasteiger partial charge in [0.1, 0.15) is 6.10 Å². The third-order valence-electron chi connectivity index (χ3n) is 3.53. The first kappa shape index (κ1) is 20.9. The third kappa shape index (κ3) is 13.9. The van der Waals surface area contributed by atoms with Crippen LogP contribution in [0.4, 0.5) is 0 Å². The van der Waals surface area contributed by atoms with Crippen molar-refractivity contribution in [3.05, 3.63) is 0 Å². The molecule has 0 aliphatic rings. The van der Waals surface area contributed by atoms with E-state index < -0.39 is 6.10 Å². The van der Waals surface area contributed by atoms with Gasteiger partial charge in [0.15, 0.2) is 0 Å². The SMILES string of the molecule is CCCCCCCC(=O)O[C@H](C)CC(=O)OCCCCCC. The van der Waals surface area contributed by atoms with Gasteiger partial charge in [-0.2, -0.15) is 0 Å². The van der Waals surface area contributed by atoms with Crippen molar-refractivity contribution in [2.45, 2.75) is 97.5 Å². The second kappa shape index (κ2) is 14.9. The number of hydrogen-bond acceptors (Lipinski definition) is 4. The molecule has 0 amide bonds. The zero-order chi connectivity index (χ0) is 16.6. The molecule has 0 aromatic carbocycles. The average Bonchev–Trinajstić information content (AvgIpc) is 2.46. The lowest BCUT2D eigenvalue weighted by atomic mass is 10.1. The van der Waals surface area contributed by atoms with Crippen LogP contribution in [0.1, 0.15) is 91.4 Å². The van der Waals surface area contributed by atoms with Gasteiger partial charge in [-0.05, 0) is 19.8 Å². The van der Waals surface area contributed by atoms with E-state index in [0.717, 1.165) is 25.7 Å². The van der Waals surface area contributed by atoms with Crippen molar-refractivity contribution < 1.29 is 19.1 Å². The van der Waals surface area contributed by atoms with Gasteiger partial charge in [-0.25, -0.2) is 0 Å². The van der Waals surface area contributed by atoms with Gasteiger partial charge in [0, 0.05) is 6.42 Å². The number of carbonyl (C=O) groups excluding carboxylic acids is 2. The molecule has 4 heteroatoms. The van der Waals surface area contributed by atoms with Crippen LogP contribution in [0.3, 0.4) is 0 Å². The maximum absolute atomic E-state index is 11.6. The van der Waals surface area contributed by atoms with Crippen molar-refractivity contribution in [2.75, 3.05) is 6.61 Å². The van der Waals surface area contributed by atoms with Crippen LogP contribution < -0.4 is 0 Å². The van der Waals surface area contributed by atoms with Gasteiger partial charge in [0.2, 0.25) is 0 Å². The quantitative estimate of drug-likeness (QED) is 0.341. The normalized spacial score (nSPS) is 12.0. The van der Waals surface area contributed by atoms with Crippen LogP contribution in [0.5, 0.6) is 0 Å². The van der Waals surface area contributed by atoms with Crippen LogP contribution >= 0.6 is 0 Å². The van der Waals surface area contributed by atoms with Crippen LogP contribution in [0.15, 0.2) is 0 Å². The summed E-state index contributed by atoms with van der Waals surface area (Å²) in [6.07, 6.45) is 10.0. The van der Waals surface area contributed by atoms with Gasteiger partial charge < -0.3 is 9.47 Å². The minimum absolute atomic E-state index is 0.148. The molecule has 0 fully saturated rings. The molecular weight excluding hydrogens is 280 g/mol. The lowest BCUT2D eigenvalue weighted by Gasteiger charge is -2.13. The van der Waals surface area contributed by atoms with Gasteiger partial charge in [-0.15, -0.1) is 0 Å². The predicted molar refractivity (Wildman–Crippen MR) is 88.6 cm³/mol. The Hall–Kier alpha value is -1.06. The standard InChI is InChI=1S/C18H34O4/c1-4-6-8-10-11-13-17(19)22-16(3)15-18(20)21-14-12-9-7-5-2/h16H,4-15H2,1-3H3/t16-/m1/s1. The molecule has 0 aromatic heterocycles. The number of hydrogen-bond donors (Lipinski definition) is 0. The molecule has 0 saturated heterocycles. The number of rotatable bonds is 14. The fourth-order valence-corrected chi connectivity index (χ4v) is 2.21. The summed E-state index contributed by atoms with van der Waals surface area (Å²) in [6, 6.07) is 0. The second-order valence-corrected chi connectivity index (χ2v) is 5.95. The van der Waals surface area contributed by atoms with E-state index in [1.165, 1.54) is 32.1 Å². The summed E-state index contributed by atoms with van der Waals surface area (Å²) < 4.78 is 10.4. The molecular formula is C18H34O4. The summed E-state index contributed by atoms with van der Waals surface area (Å²) in [5.74, 6) is -0.487. The Kier molecular flexibility index (Phi) is 14.1. The van der Waals surface area contributed by atoms with E-state index in [0.29, 0.717) is 13.0 Å². The highest BCUT2D eigenvalue weighted by molar-refractivity contribution is 5.72. The summed E-state index contributed by atoms with van der Waals surface area (Å²) in [4.78, 5) is 23.2. The predicted octanol–water partition coefficient (Wildman–Crippen LogP) is 4.79. The van der Waals surface area contributed by atoms with Crippen molar-refractivity contribution in [1.82, 2.24) is 0 Å². The van der Waals surface area contributed by atoms with Gasteiger partial charge in [-0.1, -0.05) is 58.8 Å². The minimum Gasteiger partial charge on any atom is -0.466 e. The van der Waals surface area contributed by atoms with Crippen LogP contribution in [-0.4, -0.2) is 24.6 Å². The molecule has 130 valence electrons. The van der Waals surface area contributed by atoms with Crippen molar-refractivity contribution in [3.63, 3.8) is 0 Å². The van der Waals surface area contributed by atoms with Crippen LogP contribution in [0.2, 0.25) is 0 Å². The first-order chi connectivity index (χ1) is 10.6. The largest absolute Gasteiger partial charge is 0.466 e. The fraction of sp³-hybridized carbons (Fsp3) is 0.889. The number of unbranched alkanes of at least 4 members (excludes halogenated alkanes) is 7. The van der Waals surface area contributed by atoms with Gasteiger partial charge in [0.05, 0.1) is 13.0 Å². The molecule has 0 radical (unpaired) electrons. The molecule has 0 saturated carbocycles. The van der Waals surface area contributed by atoms with Crippen molar-refractivity contribution in [1.29, 1.82) is 0 Å². The molecule has 1 atom stereocenters. The van der Waals surface area contributed by atoms with E-state index in [-0.39, 0.29) is 18.4 Å². The lowest BCUT2D eigenvalue weighted by molar-refractivity contribution is -0.154. The molecule has 0 spiro atoms. The summed E-state index contributed by atoms with van der Waals surface area (Å²) in [5.41, 5.74) is 0. The summed E-state index contributed by atoms with van der Waals surface area (Å²) in [5, 5.41) is 0. The van der Waals surface area contributed by atoms with Crippen molar-refractivity contribution in [3.8, 4) is 0 Å². The van der Waals surface area contributed by atoms with Crippen molar-refractivity contribution in [2.24, 2.45) is 0 Å². The molecule has 0 rings (SSSR count). The molecule has 22 heavy (non-hydrogen) atoms. The molecule has 0 heterocycles. The Morgan fingerprint density at radius 3 is 2.05 bits per heavy atom. The molecule has 0 bridgehead atoms. The molecule has 0 N–H and O–H groups in total. The number of ether oxygens (including phenoxy) is 2. The molecule has 0 aliphatic carbocycles. The Morgan fingerprint density at radius 1 is 0.818 bits per heavy atom. The first-order valence-corrected chi connectivity index (χ1v) is 8.95. The highest BCUT2D eigenvalue weighted by atomic mass is 16.6. The van der Waals surface area contributed by atoms with Crippen LogP contribution in [0.25, 0.3) is 0 Å². The van der Waals surface area contributed by atoms with Gasteiger partial charge >= 0.3 is 11.9 Å². The smallest absolute Gasteiger partial charge is 0.309 e. The Balaban J connectivity index is 3.58. The summed E-state index contributed by atoms with van der Waals surface area (Å²) in [7, 11) is 0. The zero-order valence-corrected chi connectivity index (χ0v) is 14.7. The zero-order valence-electron chi connectivity index (χ0n) is 14.7. The maximum atomic E-state index is 11.6. The van der Waals surface area contributed by atoms with Crippen molar-refractivity contribution >= 4 is 11.9 Å². The molecule has 4 nitrogen and oxygen atoms in total. The second-order valence-electron chi connectivity index (χ2n) is 5.95. The van der Waals surface area contributed by atoms with Crippen LogP contribution in [-0.2, 0) is 19.1 Å². The minimum atomic E-state index is -0.397. The third-order valence-corrected chi connectivity index (χ3v) is 3.53. The fourth-order valence-electron chi connectivity index (χ4n) is 2.21. The maximum Gasteiger partial charge on any atom is 0.309 e. The molecule has 0 aromatic rings. The monoisotopic (exact) mass is 314 g/mol. The van der Waals surface area contributed by atoms with E-state index >= 15 is 0 Å². The Labute approximate surface area is 135 Å². The molecule has 0 unspecified atom stereocenters. The van der Waals surface area contributed by atoms with E-state index in [2.05, 4.69) is 13.8 Å². The summed E-state index contributed by atoms with van der Waals surface area (Å²) >= 11 is 0. The lowest BCUT2D eigenvalue weighted by Crippen LogP contribution is -2.20. The first-order valence-electron chi connectivity index (χ1n) is 8.95. The van der Waals surface area contributed by atoms with E-state index in [9.17, 15) is 9.59 Å². The highest BCUT2D eigenvalue weighted by Crippen LogP contribution is 2.08. The van der Waals surface area contributed by atoms with E-state index in [1.807, 2.05) is 0 Å². The number of esters is 2. The average molecular weight is 314 g/mol. The number of carbonyl (C=O) groups is 2. The molecule has 0 aliphatic heterocycles. The van der Waals surface area contributed by atoms with Crippen LogP contribution in [0, 0.1) is 0 Å². The van der Waals surface area contributed by atoms with E-state index in [1.54, 1.807) is 6.92 Å². The summed E-state index contributed by atoms with van der Waals surface area (Å²) in [6.45, 7) is 6.52. The van der Waals surface area contributed by atoms with Gasteiger partial charge in [-0.3, -0.25) is 9.59 Å². The van der Waals surface area contributed by atoms with Gasteiger partial charge in [0.25, 0.3) is 0 Å². The highest BCUT2D eigenvalue weighted by Gasteiger charge is 2.14. The topological polar surface area (TPSA) is 52.6 Å².